The predicted octanol–water partition coefficient (Wildman–Crippen LogP) is 7.77. The van der Waals surface area contributed by atoms with Crippen molar-refractivity contribution in [2.45, 2.75) is 74.5 Å². The monoisotopic (exact) mass is 844 g/mol. The third-order valence-electron chi connectivity index (χ3n) is 13.6. The molecule has 0 radical (unpaired) electrons. The van der Waals surface area contributed by atoms with Gasteiger partial charge in [0.1, 0.15) is 0 Å². The summed E-state index contributed by atoms with van der Waals surface area (Å²) in [6.07, 6.45) is 15.5. The molecule has 2 aliphatic carbocycles. The van der Waals surface area contributed by atoms with E-state index in [2.05, 4.69) is 112 Å². The molecule has 4 atom stereocenters. The molecule has 6 aromatic rings. The van der Waals surface area contributed by atoms with E-state index in [1.807, 2.05) is 53.0 Å². The third kappa shape index (κ3) is 8.89. The highest BCUT2D eigenvalue weighted by atomic mass is 32.2. The van der Waals surface area contributed by atoms with E-state index in [0.717, 1.165) is 56.4 Å². The fourth-order valence-electron chi connectivity index (χ4n) is 9.85. The first-order chi connectivity index (χ1) is 29.1. The Morgan fingerprint density at radius 3 is 1.38 bits per heavy atom. The predicted molar refractivity (Wildman–Crippen MR) is 241 cm³/mol. The van der Waals surface area contributed by atoms with Crippen molar-refractivity contribution in [3.8, 4) is 22.8 Å². The molecule has 4 fully saturated rings. The van der Waals surface area contributed by atoms with Crippen molar-refractivity contribution in [1.82, 2.24) is 58.9 Å². The Kier molecular flexibility index (Phi) is 11.8. The van der Waals surface area contributed by atoms with Gasteiger partial charge in [0, 0.05) is 65.2 Å². The summed E-state index contributed by atoms with van der Waals surface area (Å²) >= 11 is 3.60. The zero-order valence-electron chi connectivity index (χ0n) is 36.2. The minimum absolute atomic E-state index is 0.560. The van der Waals surface area contributed by atoms with E-state index in [1.54, 1.807) is 44.0 Å². The van der Waals surface area contributed by atoms with Gasteiger partial charge in [-0.3, -0.25) is 9.36 Å². The second-order valence-electron chi connectivity index (χ2n) is 18.1. The molecule has 4 aliphatic rings. The molecule has 316 valence electrons. The van der Waals surface area contributed by atoms with Crippen LogP contribution in [-0.4, -0.2) is 110 Å². The van der Waals surface area contributed by atoms with Gasteiger partial charge in [0.25, 0.3) is 0 Å². The van der Waals surface area contributed by atoms with Gasteiger partial charge in [-0.15, -0.1) is 20.4 Å². The summed E-state index contributed by atoms with van der Waals surface area (Å²) in [5.41, 5.74) is 8.94. The number of thioether (sulfide) groups is 2. The van der Waals surface area contributed by atoms with Gasteiger partial charge >= 0.3 is 0 Å². The Labute approximate surface area is 363 Å². The van der Waals surface area contributed by atoms with Crippen LogP contribution in [0.2, 0.25) is 0 Å². The lowest BCUT2D eigenvalue weighted by Crippen LogP contribution is -2.23. The summed E-state index contributed by atoms with van der Waals surface area (Å²) in [5.74, 6) is 5.46. The molecule has 0 unspecified atom stereocenters. The summed E-state index contributed by atoms with van der Waals surface area (Å²) < 4.78 is 7.73. The summed E-state index contributed by atoms with van der Waals surface area (Å²) in [6, 6.07) is 18.4. The molecular formula is C46H60N12S2. The summed E-state index contributed by atoms with van der Waals surface area (Å²) in [5, 5.41) is 27.9. The van der Waals surface area contributed by atoms with E-state index in [4.69, 9.17) is 0 Å². The zero-order chi connectivity index (χ0) is 41.4. The lowest BCUT2D eigenvalue weighted by molar-refractivity contribution is 0.319. The Hall–Kier alpha value is -4.24. The fourth-order valence-corrected chi connectivity index (χ4v) is 11.5. The van der Waals surface area contributed by atoms with Gasteiger partial charge in [-0.05, 0) is 112 Å². The molecule has 2 aliphatic heterocycles. The van der Waals surface area contributed by atoms with Crippen molar-refractivity contribution < 1.29 is 0 Å². The van der Waals surface area contributed by atoms with Gasteiger partial charge in [-0.1, -0.05) is 83.2 Å². The van der Waals surface area contributed by atoms with Crippen LogP contribution in [0.25, 0.3) is 22.8 Å². The van der Waals surface area contributed by atoms with Crippen LogP contribution in [0.3, 0.4) is 0 Å². The number of aromatic nitrogens is 10. The summed E-state index contributed by atoms with van der Waals surface area (Å²) in [4.78, 5) is 5.35. The number of likely N-dealkylation sites (tertiary alicyclic amines) is 2. The van der Waals surface area contributed by atoms with Gasteiger partial charge in [0.15, 0.2) is 22.0 Å². The van der Waals surface area contributed by atoms with Gasteiger partial charge in [-0.2, -0.15) is 10.2 Å². The van der Waals surface area contributed by atoms with Crippen LogP contribution < -0.4 is 0 Å². The van der Waals surface area contributed by atoms with E-state index in [-0.39, 0.29) is 0 Å². The Morgan fingerprint density at radius 2 is 1.00 bits per heavy atom. The minimum Gasteiger partial charge on any atom is -0.305 e. The average Bonchev–Trinajstić information content (AvgIpc) is 3.62. The SMILES string of the molecule is Cc1ccc([C@@H]2C[C@@]23CCN(CCCSc2nnc(-c4cnn(C)c4)n2C)C3)cc1.Cc1ccc([C@H]2C[C@]23CCN(CCCSc2nnc(-c4cnn(C)c4)n2C)C3)cc1. The van der Waals surface area contributed by atoms with Crippen LogP contribution in [0.4, 0.5) is 0 Å². The molecule has 6 heterocycles. The van der Waals surface area contributed by atoms with E-state index in [9.17, 15) is 0 Å². The molecule has 60 heavy (non-hydrogen) atoms. The van der Waals surface area contributed by atoms with E-state index >= 15 is 0 Å². The van der Waals surface area contributed by atoms with Crippen molar-refractivity contribution in [3.05, 3.63) is 95.6 Å². The van der Waals surface area contributed by atoms with Crippen molar-refractivity contribution in [2.75, 3.05) is 50.8 Å². The van der Waals surface area contributed by atoms with E-state index < -0.39 is 0 Å². The molecule has 10 rings (SSSR count). The first-order valence-corrected chi connectivity index (χ1v) is 23.7. The molecular weight excluding hydrogens is 785 g/mol. The third-order valence-corrected chi connectivity index (χ3v) is 15.8. The minimum atomic E-state index is 0.560. The molecule has 2 aromatic carbocycles. The summed E-state index contributed by atoms with van der Waals surface area (Å²) in [6.45, 7) is 11.7. The lowest BCUT2D eigenvalue weighted by Gasteiger charge is -2.16. The Balaban J connectivity index is 0.000000154. The van der Waals surface area contributed by atoms with Crippen molar-refractivity contribution in [2.24, 2.45) is 39.0 Å². The topological polar surface area (TPSA) is 104 Å². The lowest BCUT2D eigenvalue weighted by atomic mass is 9.98. The maximum atomic E-state index is 4.38. The van der Waals surface area contributed by atoms with Crippen molar-refractivity contribution in [1.29, 1.82) is 0 Å². The second kappa shape index (κ2) is 17.3. The molecule has 2 saturated carbocycles. The highest BCUT2D eigenvalue weighted by Crippen LogP contribution is 2.65. The Morgan fingerprint density at radius 1 is 0.583 bits per heavy atom. The summed E-state index contributed by atoms with van der Waals surface area (Å²) in [7, 11) is 7.91. The normalized spacial score (nSPS) is 23.5. The van der Waals surface area contributed by atoms with Crippen molar-refractivity contribution in [3.63, 3.8) is 0 Å². The van der Waals surface area contributed by atoms with E-state index in [1.165, 1.54) is 88.9 Å². The van der Waals surface area contributed by atoms with Gasteiger partial charge < -0.3 is 18.9 Å². The average molecular weight is 845 g/mol. The van der Waals surface area contributed by atoms with Gasteiger partial charge in [0.2, 0.25) is 0 Å². The first kappa shape index (κ1) is 41.1. The molecule has 4 aromatic heterocycles. The number of hydrogen-bond donors (Lipinski definition) is 0. The van der Waals surface area contributed by atoms with Crippen LogP contribution in [0.1, 0.15) is 72.6 Å². The Bertz CT molecular complexity index is 2210. The fraction of sp³-hybridized carbons (Fsp3) is 0.522. The van der Waals surface area contributed by atoms with Crippen LogP contribution in [0, 0.1) is 24.7 Å². The number of rotatable bonds is 14. The highest BCUT2D eigenvalue weighted by Gasteiger charge is 2.58. The first-order valence-electron chi connectivity index (χ1n) is 21.7. The van der Waals surface area contributed by atoms with Gasteiger partial charge in [0.05, 0.1) is 23.5 Å². The second-order valence-corrected chi connectivity index (χ2v) is 20.2. The molecule has 0 amide bonds. The maximum Gasteiger partial charge on any atom is 0.191 e. The maximum absolute atomic E-state index is 4.38. The highest BCUT2D eigenvalue weighted by molar-refractivity contribution is 7.99. The molecule has 2 saturated heterocycles. The molecule has 0 N–H and O–H groups in total. The molecule has 2 spiro atoms. The quantitative estimate of drug-likeness (QED) is 0.0799. The number of hydrogen-bond acceptors (Lipinski definition) is 10. The van der Waals surface area contributed by atoms with E-state index in [0.29, 0.717) is 10.8 Å². The largest absolute Gasteiger partial charge is 0.305 e. The zero-order valence-corrected chi connectivity index (χ0v) is 37.8. The number of benzene rings is 2. The van der Waals surface area contributed by atoms with Crippen LogP contribution >= 0.6 is 23.5 Å². The van der Waals surface area contributed by atoms with Crippen LogP contribution in [-0.2, 0) is 28.2 Å². The van der Waals surface area contributed by atoms with Crippen LogP contribution in [0.15, 0.2) is 83.6 Å². The molecule has 0 bridgehead atoms. The molecule has 12 nitrogen and oxygen atoms in total. The standard InChI is InChI=1S/2C23H30N6S/c2*1-17-5-7-18(8-6-17)20-13-23(20)9-11-29(16-23)10-4-12-30-22-26-25-21(28(22)3)19-14-24-27(2)15-19/h2*5-8,14-15,20H,4,9-13,16H2,1-3H3/t2*20-,23+/m10/s1. The smallest absolute Gasteiger partial charge is 0.191 e. The number of nitrogens with zero attached hydrogens (tertiary/aromatic N) is 12. The molecule has 14 heteroatoms. The number of aryl methyl sites for hydroxylation is 4. The van der Waals surface area contributed by atoms with Crippen molar-refractivity contribution >= 4 is 23.5 Å². The van der Waals surface area contributed by atoms with Crippen LogP contribution in [0.5, 0.6) is 0 Å². The van der Waals surface area contributed by atoms with Gasteiger partial charge in [-0.25, -0.2) is 0 Å².